The lowest BCUT2D eigenvalue weighted by atomic mass is 10.1. The number of benzene rings is 1. The molecule has 8 heteroatoms. The molecular weight excluding hydrogens is 314 g/mol. The first-order valence-electron chi connectivity index (χ1n) is 6.87. The van der Waals surface area contributed by atoms with Crippen LogP contribution in [0.5, 0.6) is 0 Å². The molecule has 1 aromatic carbocycles. The van der Waals surface area contributed by atoms with Gasteiger partial charge in [0.05, 0.1) is 28.7 Å². The Bertz CT molecular complexity index is 1050. The number of fused-ring (bicyclic) bond motifs is 1. The molecule has 0 amide bonds. The SMILES string of the molecule is Cc1ccc(NS(=O)(=O)c2cnn(C)c2C)c2[nH]cc(C#N)c12. The largest absolute Gasteiger partial charge is 0.358 e. The van der Waals surface area contributed by atoms with Crippen LogP contribution in [0.25, 0.3) is 10.9 Å². The maximum absolute atomic E-state index is 12.6. The van der Waals surface area contributed by atoms with Crippen LogP contribution < -0.4 is 4.72 Å². The minimum absolute atomic E-state index is 0.126. The first-order valence-corrected chi connectivity index (χ1v) is 8.35. The summed E-state index contributed by atoms with van der Waals surface area (Å²) in [7, 11) is -2.08. The maximum atomic E-state index is 12.6. The zero-order valence-corrected chi connectivity index (χ0v) is 13.7. The van der Waals surface area contributed by atoms with Gasteiger partial charge in [-0.3, -0.25) is 9.40 Å². The number of sulfonamides is 1. The monoisotopic (exact) mass is 329 g/mol. The summed E-state index contributed by atoms with van der Waals surface area (Å²) in [5, 5.41) is 13.9. The summed E-state index contributed by atoms with van der Waals surface area (Å²) >= 11 is 0. The van der Waals surface area contributed by atoms with E-state index in [9.17, 15) is 8.42 Å². The number of aryl methyl sites for hydroxylation is 2. The third kappa shape index (κ3) is 2.35. The Labute approximate surface area is 133 Å². The van der Waals surface area contributed by atoms with Gasteiger partial charge in [0.15, 0.2) is 0 Å². The molecule has 0 aliphatic carbocycles. The molecule has 0 radical (unpaired) electrons. The third-order valence-corrected chi connectivity index (χ3v) is 5.36. The predicted molar refractivity (Wildman–Crippen MR) is 86.5 cm³/mol. The fourth-order valence-corrected chi connectivity index (χ4v) is 3.81. The molecule has 2 heterocycles. The summed E-state index contributed by atoms with van der Waals surface area (Å²) in [6, 6.07) is 5.57. The van der Waals surface area contributed by atoms with E-state index in [4.69, 9.17) is 5.26 Å². The van der Waals surface area contributed by atoms with E-state index in [1.807, 2.05) is 6.92 Å². The molecule has 0 aliphatic rings. The van der Waals surface area contributed by atoms with Crippen molar-refractivity contribution in [1.82, 2.24) is 14.8 Å². The highest BCUT2D eigenvalue weighted by Gasteiger charge is 2.22. The number of rotatable bonds is 3. The van der Waals surface area contributed by atoms with Crippen molar-refractivity contribution in [3.8, 4) is 6.07 Å². The molecule has 7 nitrogen and oxygen atoms in total. The van der Waals surface area contributed by atoms with Gasteiger partial charge in [-0.2, -0.15) is 10.4 Å². The van der Waals surface area contributed by atoms with Crippen molar-refractivity contribution < 1.29 is 8.42 Å². The van der Waals surface area contributed by atoms with Gasteiger partial charge in [0.1, 0.15) is 11.0 Å². The molecule has 0 saturated heterocycles. The molecule has 0 saturated carbocycles. The van der Waals surface area contributed by atoms with E-state index in [1.165, 1.54) is 10.9 Å². The summed E-state index contributed by atoms with van der Waals surface area (Å²) in [6.45, 7) is 3.56. The smallest absolute Gasteiger partial charge is 0.265 e. The molecule has 2 aromatic heterocycles. The Kier molecular flexibility index (Phi) is 3.38. The summed E-state index contributed by atoms with van der Waals surface area (Å²) in [5.41, 5.74) is 2.92. The number of nitriles is 1. The second-order valence-corrected chi connectivity index (χ2v) is 6.97. The maximum Gasteiger partial charge on any atom is 0.265 e. The summed E-state index contributed by atoms with van der Waals surface area (Å²) in [6.07, 6.45) is 2.89. The van der Waals surface area contributed by atoms with Gasteiger partial charge in [0.25, 0.3) is 10.0 Å². The molecule has 0 fully saturated rings. The average molecular weight is 329 g/mol. The molecule has 118 valence electrons. The second kappa shape index (κ2) is 5.14. The van der Waals surface area contributed by atoms with Crippen LogP contribution in [-0.4, -0.2) is 23.2 Å². The number of aromatic amines is 1. The Balaban J connectivity index is 2.12. The Hall–Kier alpha value is -2.79. The lowest BCUT2D eigenvalue weighted by molar-refractivity contribution is 0.600. The third-order valence-electron chi connectivity index (χ3n) is 3.89. The van der Waals surface area contributed by atoms with Crippen LogP contribution in [0.2, 0.25) is 0 Å². The van der Waals surface area contributed by atoms with Crippen molar-refractivity contribution in [2.75, 3.05) is 4.72 Å². The van der Waals surface area contributed by atoms with Crippen molar-refractivity contribution in [1.29, 1.82) is 5.26 Å². The van der Waals surface area contributed by atoms with E-state index >= 15 is 0 Å². The first-order chi connectivity index (χ1) is 10.8. The van der Waals surface area contributed by atoms with Crippen molar-refractivity contribution in [2.45, 2.75) is 18.7 Å². The normalized spacial score (nSPS) is 11.6. The molecule has 23 heavy (non-hydrogen) atoms. The van der Waals surface area contributed by atoms with Gasteiger partial charge in [-0.05, 0) is 25.5 Å². The van der Waals surface area contributed by atoms with E-state index < -0.39 is 10.0 Å². The molecule has 0 unspecified atom stereocenters. The van der Waals surface area contributed by atoms with Gasteiger partial charge < -0.3 is 4.98 Å². The first kappa shape index (κ1) is 15.1. The molecule has 3 rings (SSSR count). The topological polar surface area (TPSA) is 104 Å². The Morgan fingerprint density at radius 1 is 1.35 bits per heavy atom. The summed E-state index contributed by atoms with van der Waals surface area (Å²) in [4.78, 5) is 3.10. The molecule has 0 aliphatic heterocycles. The fraction of sp³-hybridized carbons (Fsp3) is 0.200. The van der Waals surface area contributed by atoms with Crippen molar-refractivity contribution >= 4 is 26.6 Å². The number of anilines is 1. The van der Waals surface area contributed by atoms with E-state index in [0.29, 0.717) is 22.5 Å². The van der Waals surface area contributed by atoms with E-state index in [0.717, 1.165) is 10.9 Å². The number of nitrogens with one attached hydrogen (secondary N) is 2. The number of hydrogen-bond acceptors (Lipinski definition) is 4. The number of H-pyrrole nitrogens is 1. The van der Waals surface area contributed by atoms with E-state index in [2.05, 4.69) is 20.9 Å². The molecule has 2 N–H and O–H groups in total. The number of hydrogen-bond donors (Lipinski definition) is 2. The Morgan fingerprint density at radius 2 is 2.09 bits per heavy atom. The lowest BCUT2D eigenvalue weighted by Gasteiger charge is -2.10. The lowest BCUT2D eigenvalue weighted by Crippen LogP contribution is -2.14. The summed E-state index contributed by atoms with van der Waals surface area (Å²) in [5.74, 6) is 0. The molecular formula is C15H15N5O2S. The van der Waals surface area contributed by atoms with Gasteiger partial charge in [-0.1, -0.05) is 6.07 Å². The molecule has 0 spiro atoms. The quantitative estimate of drug-likeness (QED) is 0.768. The zero-order chi connectivity index (χ0) is 16.8. The van der Waals surface area contributed by atoms with Crippen LogP contribution in [0.15, 0.2) is 29.4 Å². The van der Waals surface area contributed by atoms with Crippen LogP contribution in [0.1, 0.15) is 16.8 Å². The van der Waals surface area contributed by atoms with Gasteiger partial charge in [0.2, 0.25) is 0 Å². The number of aromatic nitrogens is 3. The van der Waals surface area contributed by atoms with E-state index in [-0.39, 0.29) is 4.90 Å². The fourth-order valence-electron chi connectivity index (χ4n) is 2.54. The van der Waals surface area contributed by atoms with Gasteiger partial charge in [-0.15, -0.1) is 0 Å². The minimum atomic E-state index is -3.76. The number of nitrogens with zero attached hydrogens (tertiary/aromatic N) is 3. The highest BCUT2D eigenvalue weighted by Crippen LogP contribution is 2.30. The minimum Gasteiger partial charge on any atom is -0.358 e. The Morgan fingerprint density at radius 3 is 2.70 bits per heavy atom. The van der Waals surface area contributed by atoms with Crippen molar-refractivity contribution in [3.63, 3.8) is 0 Å². The summed E-state index contributed by atoms with van der Waals surface area (Å²) < 4.78 is 29.3. The molecule has 0 atom stereocenters. The average Bonchev–Trinajstić information content (AvgIpc) is 3.07. The van der Waals surface area contributed by atoms with Gasteiger partial charge in [-0.25, -0.2) is 8.42 Å². The van der Waals surface area contributed by atoms with Crippen LogP contribution in [0.3, 0.4) is 0 Å². The van der Waals surface area contributed by atoms with Gasteiger partial charge in [0, 0.05) is 18.6 Å². The van der Waals surface area contributed by atoms with Crippen LogP contribution >= 0.6 is 0 Å². The van der Waals surface area contributed by atoms with Crippen LogP contribution in [0, 0.1) is 25.2 Å². The second-order valence-electron chi connectivity index (χ2n) is 5.32. The van der Waals surface area contributed by atoms with Crippen molar-refractivity contribution in [3.05, 3.63) is 41.3 Å². The highest BCUT2D eigenvalue weighted by atomic mass is 32.2. The van der Waals surface area contributed by atoms with Gasteiger partial charge >= 0.3 is 0 Å². The van der Waals surface area contributed by atoms with E-state index in [1.54, 1.807) is 32.3 Å². The highest BCUT2D eigenvalue weighted by molar-refractivity contribution is 7.92. The van der Waals surface area contributed by atoms with Crippen LogP contribution in [0.4, 0.5) is 5.69 Å². The molecule has 0 bridgehead atoms. The zero-order valence-electron chi connectivity index (χ0n) is 12.9. The predicted octanol–water partition coefficient (Wildman–Crippen LogP) is 2.19. The van der Waals surface area contributed by atoms with Crippen molar-refractivity contribution in [2.24, 2.45) is 7.05 Å². The van der Waals surface area contributed by atoms with Crippen LogP contribution in [-0.2, 0) is 17.1 Å². The molecule has 3 aromatic rings. The standard InChI is InChI=1S/C15H15N5O2S/c1-9-4-5-12(15-14(9)11(6-16)7-17-15)19-23(21,22)13-8-18-20(3)10(13)2/h4-5,7-8,17,19H,1-3H3.